The molecule has 0 fully saturated rings. The molecule has 1 N–H and O–H groups in total. The predicted molar refractivity (Wildman–Crippen MR) is 98.9 cm³/mol. The smallest absolute Gasteiger partial charge is 0.254 e. The van der Waals surface area contributed by atoms with Crippen LogP contribution in [0.15, 0.2) is 36.7 Å². The molecule has 0 aliphatic rings. The Morgan fingerprint density at radius 1 is 1.23 bits per heavy atom. The highest BCUT2D eigenvalue weighted by Crippen LogP contribution is 2.24. The van der Waals surface area contributed by atoms with Crippen LogP contribution in [0.2, 0.25) is 0 Å². The quantitative estimate of drug-likeness (QED) is 0.575. The topological polar surface area (TPSA) is 82.2 Å². The Bertz CT molecular complexity index is 1050. The molecule has 0 saturated heterocycles. The molecule has 1 atom stereocenters. The monoisotopic (exact) mass is 351 g/mol. The normalized spacial score (nSPS) is 12.7. The number of aryl methyl sites for hydroxylation is 1. The van der Waals surface area contributed by atoms with Gasteiger partial charge < -0.3 is 14.6 Å². The van der Waals surface area contributed by atoms with E-state index in [1.54, 1.807) is 11.6 Å². The molecular formula is C18H21N7O. The van der Waals surface area contributed by atoms with Gasteiger partial charge in [0, 0.05) is 19.7 Å². The van der Waals surface area contributed by atoms with Gasteiger partial charge in [0.25, 0.3) is 5.78 Å². The average Bonchev–Trinajstić information content (AvgIpc) is 3.26. The lowest BCUT2D eigenvalue weighted by atomic mass is 10.3. The van der Waals surface area contributed by atoms with Crippen LogP contribution >= 0.6 is 0 Å². The van der Waals surface area contributed by atoms with E-state index in [1.165, 1.54) is 6.33 Å². The van der Waals surface area contributed by atoms with E-state index < -0.39 is 0 Å². The third-order valence-electron chi connectivity index (χ3n) is 4.35. The molecule has 3 heterocycles. The maximum Gasteiger partial charge on any atom is 0.254 e. The minimum absolute atomic E-state index is 0.0208. The van der Waals surface area contributed by atoms with Crippen molar-refractivity contribution in [2.45, 2.75) is 33.0 Å². The zero-order chi connectivity index (χ0) is 18.1. The van der Waals surface area contributed by atoms with E-state index >= 15 is 0 Å². The second-order valence-corrected chi connectivity index (χ2v) is 6.11. The van der Waals surface area contributed by atoms with E-state index in [2.05, 4.69) is 44.9 Å². The number of para-hydroxylation sites is 2. The number of methoxy groups -OCH3 is 1. The summed E-state index contributed by atoms with van der Waals surface area (Å²) in [5.74, 6) is 2.33. The van der Waals surface area contributed by atoms with Crippen molar-refractivity contribution in [1.82, 2.24) is 29.1 Å². The largest absolute Gasteiger partial charge is 0.378 e. The van der Waals surface area contributed by atoms with Gasteiger partial charge in [-0.2, -0.15) is 14.6 Å². The molecule has 0 saturated carbocycles. The highest BCUT2D eigenvalue weighted by molar-refractivity contribution is 5.76. The molecule has 8 heteroatoms. The Morgan fingerprint density at radius 2 is 2.08 bits per heavy atom. The Hall–Kier alpha value is -3.00. The standard InChI is InChI=1S/C18H21N7O/c1-4-24-15-8-6-5-7-14(15)23-17(24)12(2)21-16-9-13(10-26-3)22-18-19-11-20-25(16)18/h5-9,11-12,21H,4,10H2,1-3H3/t12-/m0/s1. The van der Waals surface area contributed by atoms with Crippen molar-refractivity contribution >= 4 is 22.6 Å². The van der Waals surface area contributed by atoms with Crippen molar-refractivity contribution < 1.29 is 4.74 Å². The van der Waals surface area contributed by atoms with Gasteiger partial charge in [-0.05, 0) is 26.0 Å². The molecule has 0 bridgehead atoms. The van der Waals surface area contributed by atoms with Crippen molar-refractivity contribution in [3.8, 4) is 0 Å². The van der Waals surface area contributed by atoms with E-state index in [9.17, 15) is 0 Å². The number of hydrogen-bond acceptors (Lipinski definition) is 6. The summed E-state index contributed by atoms with van der Waals surface area (Å²) in [6.45, 7) is 5.49. The summed E-state index contributed by atoms with van der Waals surface area (Å²) in [5, 5.41) is 7.77. The summed E-state index contributed by atoms with van der Waals surface area (Å²) < 4.78 is 9.12. The molecule has 26 heavy (non-hydrogen) atoms. The molecule has 0 amide bonds. The first-order valence-corrected chi connectivity index (χ1v) is 8.61. The summed E-state index contributed by atoms with van der Waals surface area (Å²) in [5.41, 5.74) is 2.93. The Labute approximate surface area is 150 Å². The van der Waals surface area contributed by atoms with Gasteiger partial charge in [-0.3, -0.25) is 0 Å². The third-order valence-corrected chi connectivity index (χ3v) is 4.35. The summed E-state index contributed by atoms with van der Waals surface area (Å²) in [7, 11) is 1.65. The Balaban J connectivity index is 1.73. The van der Waals surface area contributed by atoms with Crippen LogP contribution in [0.3, 0.4) is 0 Å². The van der Waals surface area contributed by atoms with E-state index in [0.717, 1.165) is 34.9 Å². The van der Waals surface area contributed by atoms with Crippen molar-refractivity contribution in [3.63, 3.8) is 0 Å². The van der Waals surface area contributed by atoms with Crippen molar-refractivity contribution in [2.75, 3.05) is 12.4 Å². The fourth-order valence-electron chi connectivity index (χ4n) is 3.23. The minimum Gasteiger partial charge on any atom is -0.378 e. The number of aromatic nitrogens is 6. The first-order valence-electron chi connectivity index (χ1n) is 8.61. The molecule has 1 aromatic carbocycles. The van der Waals surface area contributed by atoms with E-state index in [-0.39, 0.29) is 6.04 Å². The molecule has 0 spiro atoms. The van der Waals surface area contributed by atoms with Crippen molar-refractivity contribution in [1.29, 1.82) is 0 Å². The second kappa shape index (κ2) is 6.72. The molecular weight excluding hydrogens is 330 g/mol. The van der Waals surface area contributed by atoms with Gasteiger partial charge >= 0.3 is 0 Å². The van der Waals surface area contributed by atoms with Crippen LogP contribution in [0.1, 0.15) is 31.4 Å². The number of anilines is 1. The third kappa shape index (κ3) is 2.78. The molecule has 0 radical (unpaired) electrons. The summed E-state index contributed by atoms with van der Waals surface area (Å²) >= 11 is 0. The summed E-state index contributed by atoms with van der Waals surface area (Å²) in [6.07, 6.45) is 1.50. The van der Waals surface area contributed by atoms with Crippen LogP contribution in [0.25, 0.3) is 16.8 Å². The fraction of sp³-hybridized carbons (Fsp3) is 0.333. The summed E-state index contributed by atoms with van der Waals surface area (Å²) in [6, 6.07) is 10.1. The number of imidazole rings is 1. The van der Waals surface area contributed by atoms with Crippen LogP contribution in [-0.4, -0.2) is 36.2 Å². The highest BCUT2D eigenvalue weighted by atomic mass is 16.5. The van der Waals surface area contributed by atoms with E-state index in [1.807, 2.05) is 24.3 Å². The molecule has 3 aromatic heterocycles. The van der Waals surface area contributed by atoms with Gasteiger partial charge in [0.1, 0.15) is 18.0 Å². The first kappa shape index (κ1) is 16.5. The Kier molecular flexibility index (Phi) is 4.26. The maximum atomic E-state index is 5.21. The molecule has 0 unspecified atom stereocenters. The van der Waals surface area contributed by atoms with Gasteiger partial charge in [0.15, 0.2) is 0 Å². The molecule has 4 rings (SSSR count). The number of fused-ring (bicyclic) bond motifs is 2. The van der Waals surface area contributed by atoms with Gasteiger partial charge in [-0.1, -0.05) is 12.1 Å². The zero-order valence-corrected chi connectivity index (χ0v) is 15.0. The average molecular weight is 351 g/mol. The fourth-order valence-corrected chi connectivity index (χ4v) is 3.23. The lowest BCUT2D eigenvalue weighted by molar-refractivity contribution is 0.181. The Morgan fingerprint density at radius 3 is 2.88 bits per heavy atom. The van der Waals surface area contributed by atoms with Crippen LogP contribution in [0, 0.1) is 0 Å². The van der Waals surface area contributed by atoms with Gasteiger partial charge in [-0.15, -0.1) is 0 Å². The molecule has 8 nitrogen and oxygen atoms in total. The van der Waals surface area contributed by atoms with Gasteiger partial charge in [0.05, 0.1) is 29.4 Å². The number of rotatable bonds is 6. The van der Waals surface area contributed by atoms with Crippen LogP contribution < -0.4 is 5.32 Å². The van der Waals surface area contributed by atoms with Crippen LogP contribution in [-0.2, 0) is 17.9 Å². The lowest BCUT2D eigenvalue weighted by Crippen LogP contribution is -2.16. The van der Waals surface area contributed by atoms with Crippen LogP contribution in [0.5, 0.6) is 0 Å². The number of hydrogen-bond donors (Lipinski definition) is 1. The molecule has 4 aromatic rings. The SMILES string of the molecule is CCn1c([C@H](C)Nc2cc(COC)nc3ncnn23)nc2ccccc21. The van der Waals surface area contributed by atoms with Gasteiger partial charge in [-0.25, -0.2) is 9.97 Å². The molecule has 134 valence electrons. The first-order chi connectivity index (χ1) is 12.7. The minimum atomic E-state index is -0.0208. The van der Waals surface area contributed by atoms with Crippen molar-refractivity contribution in [2.24, 2.45) is 0 Å². The molecule has 0 aliphatic carbocycles. The number of nitrogens with zero attached hydrogens (tertiary/aromatic N) is 6. The lowest BCUT2D eigenvalue weighted by Gasteiger charge is -2.17. The molecule has 0 aliphatic heterocycles. The highest BCUT2D eigenvalue weighted by Gasteiger charge is 2.17. The van der Waals surface area contributed by atoms with Crippen molar-refractivity contribution in [3.05, 3.63) is 48.2 Å². The van der Waals surface area contributed by atoms with E-state index in [4.69, 9.17) is 9.72 Å². The number of benzene rings is 1. The van der Waals surface area contributed by atoms with E-state index in [0.29, 0.717) is 12.4 Å². The number of nitrogens with one attached hydrogen (secondary N) is 1. The second-order valence-electron chi connectivity index (χ2n) is 6.11. The zero-order valence-electron chi connectivity index (χ0n) is 15.0. The predicted octanol–water partition coefficient (Wildman–Crippen LogP) is 2.81. The number of ether oxygens (including phenoxy) is 1. The van der Waals surface area contributed by atoms with Crippen LogP contribution in [0.4, 0.5) is 5.82 Å². The summed E-state index contributed by atoms with van der Waals surface area (Å²) in [4.78, 5) is 13.5. The maximum absolute atomic E-state index is 5.21. The van der Waals surface area contributed by atoms with Gasteiger partial charge in [0.2, 0.25) is 0 Å².